The van der Waals surface area contributed by atoms with Gasteiger partial charge in [0.05, 0.1) is 18.9 Å². The van der Waals surface area contributed by atoms with Gasteiger partial charge in [-0.1, -0.05) is 0 Å². The van der Waals surface area contributed by atoms with Crippen LogP contribution in [0.25, 0.3) is 0 Å². The standard InChI is InChI=1S/C16H24N6O/c1-21-12-14(10-19-21)4-3-7-22-8-9-23-15(13-22)11-17-16-5-2-6-18-20-16/h2,5-6,10,12,15H,3-4,7-9,11,13H2,1H3,(H,17,20)/t15-/m1/s1. The third kappa shape index (κ3) is 5.01. The number of hydrogen-bond acceptors (Lipinski definition) is 6. The van der Waals surface area contributed by atoms with Gasteiger partial charge in [0.15, 0.2) is 0 Å². The molecule has 0 spiro atoms. The molecule has 1 saturated heterocycles. The zero-order chi connectivity index (χ0) is 15.9. The average Bonchev–Trinajstić information content (AvgIpc) is 3.00. The summed E-state index contributed by atoms with van der Waals surface area (Å²) in [6.45, 7) is 4.62. The fourth-order valence-corrected chi connectivity index (χ4v) is 2.83. The predicted octanol–water partition coefficient (Wildman–Crippen LogP) is 0.956. The van der Waals surface area contributed by atoms with Crippen LogP contribution in [0.5, 0.6) is 0 Å². The molecule has 2 aromatic rings. The molecule has 0 bridgehead atoms. The number of morpholine rings is 1. The molecule has 0 saturated carbocycles. The Kier molecular flexibility index (Phi) is 5.55. The van der Waals surface area contributed by atoms with Crippen molar-refractivity contribution in [3.05, 3.63) is 36.3 Å². The van der Waals surface area contributed by atoms with E-state index in [9.17, 15) is 0 Å². The van der Waals surface area contributed by atoms with Crippen LogP contribution in [-0.4, -0.2) is 63.8 Å². The Labute approximate surface area is 136 Å². The normalized spacial score (nSPS) is 18.9. The monoisotopic (exact) mass is 316 g/mol. The Hall–Kier alpha value is -1.99. The minimum atomic E-state index is 0.198. The van der Waals surface area contributed by atoms with E-state index in [1.54, 1.807) is 6.20 Å². The zero-order valence-corrected chi connectivity index (χ0v) is 13.6. The second kappa shape index (κ2) is 8.03. The Bertz CT molecular complexity index is 587. The number of anilines is 1. The van der Waals surface area contributed by atoms with E-state index in [1.165, 1.54) is 5.56 Å². The molecule has 23 heavy (non-hydrogen) atoms. The van der Waals surface area contributed by atoms with Gasteiger partial charge >= 0.3 is 0 Å². The van der Waals surface area contributed by atoms with Crippen molar-refractivity contribution < 1.29 is 4.74 Å². The van der Waals surface area contributed by atoms with E-state index in [4.69, 9.17) is 4.74 Å². The molecule has 2 aromatic heterocycles. The second-order valence-corrected chi connectivity index (χ2v) is 5.91. The van der Waals surface area contributed by atoms with E-state index in [1.807, 2.05) is 30.1 Å². The molecule has 1 fully saturated rings. The molecule has 0 aromatic carbocycles. The SMILES string of the molecule is Cn1cc(CCCN2CCO[C@H](CNc3cccnn3)C2)cn1. The molecule has 0 amide bonds. The smallest absolute Gasteiger partial charge is 0.148 e. The van der Waals surface area contributed by atoms with Gasteiger partial charge < -0.3 is 10.1 Å². The molecule has 1 aliphatic heterocycles. The van der Waals surface area contributed by atoms with E-state index in [-0.39, 0.29) is 6.10 Å². The summed E-state index contributed by atoms with van der Waals surface area (Å²) in [6.07, 6.45) is 8.14. The first kappa shape index (κ1) is 15.9. The van der Waals surface area contributed by atoms with Crippen molar-refractivity contribution >= 4 is 5.82 Å². The summed E-state index contributed by atoms with van der Waals surface area (Å²) in [6, 6.07) is 3.79. The molecule has 3 heterocycles. The summed E-state index contributed by atoms with van der Waals surface area (Å²) in [4.78, 5) is 2.48. The predicted molar refractivity (Wildman–Crippen MR) is 88.2 cm³/mol. The lowest BCUT2D eigenvalue weighted by molar-refractivity contribution is -0.0213. The molecule has 7 heteroatoms. The number of nitrogens with zero attached hydrogens (tertiary/aromatic N) is 5. The number of nitrogens with one attached hydrogen (secondary N) is 1. The van der Waals surface area contributed by atoms with Gasteiger partial charge in [-0.05, 0) is 37.1 Å². The van der Waals surface area contributed by atoms with Gasteiger partial charge in [-0.25, -0.2) is 0 Å². The summed E-state index contributed by atoms with van der Waals surface area (Å²) in [5, 5.41) is 15.4. The summed E-state index contributed by atoms with van der Waals surface area (Å²) in [5.41, 5.74) is 1.31. The van der Waals surface area contributed by atoms with Gasteiger partial charge in [-0.15, -0.1) is 5.10 Å². The zero-order valence-electron chi connectivity index (χ0n) is 13.6. The Morgan fingerprint density at radius 3 is 3.17 bits per heavy atom. The van der Waals surface area contributed by atoms with Crippen molar-refractivity contribution in [2.45, 2.75) is 18.9 Å². The largest absolute Gasteiger partial charge is 0.374 e. The molecule has 0 unspecified atom stereocenters. The van der Waals surface area contributed by atoms with Crippen LogP contribution in [0.4, 0.5) is 5.82 Å². The summed E-state index contributed by atoms with van der Waals surface area (Å²) < 4.78 is 7.69. The van der Waals surface area contributed by atoms with Crippen LogP contribution >= 0.6 is 0 Å². The lowest BCUT2D eigenvalue weighted by Gasteiger charge is -2.33. The van der Waals surface area contributed by atoms with Crippen molar-refractivity contribution in [1.29, 1.82) is 0 Å². The molecule has 0 aliphatic carbocycles. The van der Waals surface area contributed by atoms with Crippen LogP contribution < -0.4 is 5.32 Å². The summed E-state index contributed by atoms with van der Waals surface area (Å²) in [5.74, 6) is 0.796. The van der Waals surface area contributed by atoms with Gasteiger partial charge in [-0.3, -0.25) is 9.58 Å². The van der Waals surface area contributed by atoms with Crippen molar-refractivity contribution in [2.75, 3.05) is 38.1 Å². The van der Waals surface area contributed by atoms with Crippen molar-refractivity contribution in [2.24, 2.45) is 7.05 Å². The van der Waals surface area contributed by atoms with E-state index >= 15 is 0 Å². The first-order valence-corrected chi connectivity index (χ1v) is 8.12. The number of rotatable bonds is 7. The maximum absolute atomic E-state index is 5.83. The van der Waals surface area contributed by atoms with Gasteiger partial charge in [-0.2, -0.15) is 10.2 Å². The number of aromatic nitrogens is 4. The lowest BCUT2D eigenvalue weighted by atomic mass is 10.2. The van der Waals surface area contributed by atoms with Gasteiger partial charge in [0.1, 0.15) is 5.82 Å². The molecule has 7 nitrogen and oxygen atoms in total. The fraction of sp³-hybridized carbons (Fsp3) is 0.562. The molecule has 3 rings (SSSR count). The molecular formula is C16H24N6O. The summed E-state index contributed by atoms with van der Waals surface area (Å²) >= 11 is 0. The number of ether oxygens (including phenoxy) is 1. The first-order valence-electron chi connectivity index (χ1n) is 8.12. The van der Waals surface area contributed by atoms with Crippen LogP contribution in [0.1, 0.15) is 12.0 Å². The Morgan fingerprint density at radius 2 is 2.39 bits per heavy atom. The summed E-state index contributed by atoms with van der Waals surface area (Å²) in [7, 11) is 1.96. The maximum atomic E-state index is 5.83. The van der Waals surface area contributed by atoms with Crippen LogP contribution in [0, 0.1) is 0 Å². The van der Waals surface area contributed by atoms with Crippen LogP contribution in [0.15, 0.2) is 30.7 Å². The van der Waals surface area contributed by atoms with E-state index in [0.717, 1.165) is 51.4 Å². The molecule has 1 atom stereocenters. The third-order valence-electron chi connectivity index (χ3n) is 4.00. The molecule has 124 valence electrons. The Morgan fingerprint density at radius 1 is 1.43 bits per heavy atom. The molecule has 1 N–H and O–H groups in total. The minimum absolute atomic E-state index is 0.198. The van der Waals surface area contributed by atoms with Gasteiger partial charge in [0.25, 0.3) is 0 Å². The molecule has 0 radical (unpaired) electrons. The highest BCUT2D eigenvalue weighted by molar-refractivity contribution is 5.31. The van der Waals surface area contributed by atoms with Crippen LogP contribution in [0.2, 0.25) is 0 Å². The maximum Gasteiger partial charge on any atom is 0.148 e. The number of hydrogen-bond donors (Lipinski definition) is 1. The van der Waals surface area contributed by atoms with Crippen molar-refractivity contribution in [3.63, 3.8) is 0 Å². The van der Waals surface area contributed by atoms with E-state index in [0.29, 0.717) is 0 Å². The van der Waals surface area contributed by atoms with Crippen LogP contribution in [0.3, 0.4) is 0 Å². The van der Waals surface area contributed by atoms with Crippen LogP contribution in [-0.2, 0) is 18.2 Å². The van der Waals surface area contributed by atoms with Crippen molar-refractivity contribution in [3.8, 4) is 0 Å². The van der Waals surface area contributed by atoms with Gasteiger partial charge in [0.2, 0.25) is 0 Å². The fourth-order valence-electron chi connectivity index (χ4n) is 2.83. The Balaban J connectivity index is 1.37. The first-order chi connectivity index (χ1) is 11.3. The highest BCUT2D eigenvalue weighted by Crippen LogP contribution is 2.09. The molecular weight excluding hydrogens is 292 g/mol. The topological polar surface area (TPSA) is 68.1 Å². The third-order valence-corrected chi connectivity index (χ3v) is 4.00. The van der Waals surface area contributed by atoms with E-state index < -0.39 is 0 Å². The second-order valence-electron chi connectivity index (χ2n) is 5.91. The molecule has 1 aliphatic rings. The minimum Gasteiger partial charge on any atom is -0.374 e. The quantitative estimate of drug-likeness (QED) is 0.820. The average molecular weight is 316 g/mol. The highest BCUT2D eigenvalue weighted by atomic mass is 16.5. The van der Waals surface area contributed by atoms with Gasteiger partial charge in [0, 0.05) is 39.1 Å². The van der Waals surface area contributed by atoms with Crippen molar-refractivity contribution in [1.82, 2.24) is 24.9 Å². The van der Waals surface area contributed by atoms with E-state index in [2.05, 4.69) is 31.7 Å². The highest BCUT2D eigenvalue weighted by Gasteiger charge is 2.20. The lowest BCUT2D eigenvalue weighted by Crippen LogP contribution is -2.45. The number of aryl methyl sites for hydroxylation is 2.